The van der Waals surface area contributed by atoms with Crippen LogP contribution in [0, 0.1) is 11.8 Å². The number of ether oxygens (including phenoxy) is 3. The van der Waals surface area contributed by atoms with E-state index >= 15 is 0 Å². The van der Waals surface area contributed by atoms with Crippen LogP contribution >= 0.6 is 0 Å². The average Bonchev–Trinajstić information content (AvgIpc) is 2.41. The number of hydrogen-bond donors (Lipinski definition) is 1. The molecule has 0 saturated carbocycles. The fourth-order valence-electron chi connectivity index (χ4n) is 0.736. The Balaban J connectivity index is -0.0000000955. The molecule has 0 radical (unpaired) electrons. The van der Waals surface area contributed by atoms with Crippen LogP contribution in [0.15, 0.2) is 0 Å². The molecule has 0 aliphatic rings. The van der Waals surface area contributed by atoms with Gasteiger partial charge in [0.2, 0.25) is 0 Å². The van der Waals surface area contributed by atoms with Gasteiger partial charge in [-0.3, -0.25) is 0 Å². The first kappa shape index (κ1) is 28.9. The topological polar surface area (TPSA) is 53.7 Å². The van der Waals surface area contributed by atoms with Crippen molar-refractivity contribution < 1.29 is 14.2 Å². The van der Waals surface area contributed by atoms with Crippen LogP contribution in [0.3, 0.4) is 0 Å². The lowest BCUT2D eigenvalue weighted by molar-refractivity contribution is 0.158. The molecule has 2 atom stereocenters. The Bertz CT molecular complexity index is 142. The van der Waals surface area contributed by atoms with Gasteiger partial charge in [0, 0.05) is 47.7 Å². The summed E-state index contributed by atoms with van der Waals surface area (Å²) in [5.41, 5.74) is 5.29. The molecule has 0 spiro atoms. The van der Waals surface area contributed by atoms with Crippen LogP contribution in [0.5, 0.6) is 0 Å². The molecule has 0 aromatic rings. The van der Waals surface area contributed by atoms with Crippen LogP contribution < -0.4 is 5.73 Å². The highest BCUT2D eigenvalue weighted by Crippen LogP contribution is 1.98. The number of methoxy groups -OCH3 is 3. The summed E-state index contributed by atoms with van der Waals surface area (Å²) in [5.74, 6) is 1.40. The molecule has 0 bridgehead atoms. The van der Waals surface area contributed by atoms with Crippen molar-refractivity contribution >= 4 is 0 Å². The van der Waals surface area contributed by atoms with E-state index in [4.69, 9.17) is 15.2 Å². The third-order valence-corrected chi connectivity index (χ3v) is 2.29. The first-order valence-corrected chi connectivity index (χ1v) is 7.90. The molecular formula is C17H43NO3. The second-order valence-corrected chi connectivity index (χ2v) is 5.61. The second-order valence-electron chi connectivity index (χ2n) is 5.61. The number of rotatable bonds is 6. The highest BCUT2D eigenvalue weighted by molar-refractivity contribution is 4.43. The lowest BCUT2D eigenvalue weighted by Gasteiger charge is -2.03. The van der Waals surface area contributed by atoms with E-state index in [0.717, 1.165) is 25.6 Å². The molecule has 0 fully saturated rings. The number of hydrogen-bond acceptors (Lipinski definition) is 4. The van der Waals surface area contributed by atoms with Crippen LogP contribution in [0.4, 0.5) is 0 Å². The minimum Gasteiger partial charge on any atom is -0.388 e. The zero-order chi connectivity index (χ0) is 17.7. The quantitative estimate of drug-likeness (QED) is 0.806. The maximum atomic E-state index is 5.29. The monoisotopic (exact) mass is 309 g/mol. The normalized spacial score (nSPS) is 12.0. The summed E-state index contributed by atoms with van der Waals surface area (Å²) in [6.07, 6.45) is 2.30. The van der Waals surface area contributed by atoms with Crippen molar-refractivity contribution in [2.45, 2.75) is 60.4 Å². The minimum atomic E-state index is 0.384. The van der Waals surface area contributed by atoms with E-state index < -0.39 is 0 Å². The van der Waals surface area contributed by atoms with Gasteiger partial charge in [0.25, 0.3) is 0 Å². The standard InChI is InChI=1S/C6H14O.C5H12O.C4H11N.C2H6O/c1-4-6(2)5-7-3;1-5(2)4-6-3;1-3-4(2)5;1-3-2/h6H,4-5H2,1-3H3;5H,4H2,1-3H3;4H,3,5H2,1-2H3;1-2H3. The van der Waals surface area contributed by atoms with Gasteiger partial charge < -0.3 is 19.9 Å². The zero-order valence-electron chi connectivity index (χ0n) is 16.4. The van der Waals surface area contributed by atoms with E-state index in [-0.39, 0.29) is 0 Å². The molecule has 0 heterocycles. The number of nitrogens with two attached hydrogens (primary N) is 1. The smallest absolute Gasteiger partial charge is 0.0487 e. The van der Waals surface area contributed by atoms with E-state index in [0.29, 0.717) is 12.0 Å². The molecule has 0 rings (SSSR count). The summed E-state index contributed by atoms with van der Waals surface area (Å²) in [6, 6.07) is 0.384. The molecule has 2 unspecified atom stereocenters. The zero-order valence-corrected chi connectivity index (χ0v) is 16.4. The van der Waals surface area contributed by atoms with Crippen molar-refractivity contribution in [1.29, 1.82) is 0 Å². The highest BCUT2D eigenvalue weighted by atomic mass is 16.5. The fourth-order valence-corrected chi connectivity index (χ4v) is 0.736. The van der Waals surface area contributed by atoms with Gasteiger partial charge >= 0.3 is 0 Å². The summed E-state index contributed by atoms with van der Waals surface area (Å²) in [6.45, 7) is 14.5. The van der Waals surface area contributed by atoms with Crippen molar-refractivity contribution in [3.63, 3.8) is 0 Å². The Morgan fingerprint density at radius 3 is 1.14 bits per heavy atom. The lowest BCUT2D eigenvalue weighted by atomic mass is 10.1. The molecule has 4 heteroatoms. The molecule has 4 nitrogen and oxygen atoms in total. The van der Waals surface area contributed by atoms with Gasteiger partial charge in [0.15, 0.2) is 0 Å². The second kappa shape index (κ2) is 28.1. The maximum Gasteiger partial charge on any atom is 0.0487 e. The van der Waals surface area contributed by atoms with Gasteiger partial charge in [-0.15, -0.1) is 0 Å². The SMILES string of the molecule is CCC(C)COC.CCC(C)N.COC.COCC(C)C. The molecule has 0 saturated heterocycles. The molecule has 0 aromatic carbocycles. The average molecular weight is 310 g/mol. The van der Waals surface area contributed by atoms with Gasteiger partial charge in [-0.2, -0.15) is 0 Å². The van der Waals surface area contributed by atoms with Crippen LogP contribution in [0.1, 0.15) is 54.4 Å². The first-order chi connectivity index (χ1) is 9.76. The van der Waals surface area contributed by atoms with E-state index in [1.54, 1.807) is 28.4 Å². The summed E-state index contributed by atoms with van der Waals surface area (Å²) in [4.78, 5) is 0. The predicted molar refractivity (Wildman–Crippen MR) is 94.9 cm³/mol. The summed E-state index contributed by atoms with van der Waals surface area (Å²) < 4.78 is 13.9. The molecular weight excluding hydrogens is 266 g/mol. The third-order valence-electron chi connectivity index (χ3n) is 2.29. The van der Waals surface area contributed by atoms with Crippen molar-refractivity contribution in [3.8, 4) is 0 Å². The van der Waals surface area contributed by atoms with Crippen molar-refractivity contribution in [1.82, 2.24) is 0 Å². The largest absolute Gasteiger partial charge is 0.388 e. The Kier molecular flexibility index (Phi) is 38.7. The van der Waals surface area contributed by atoms with Gasteiger partial charge in [-0.1, -0.05) is 41.0 Å². The molecule has 0 aliphatic heterocycles. The fraction of sp³-hybridized carbons (Fsp3) is 1.00. The van der Waals surface area contributed by atoms with Gasteiger partial charge in [0.1, 0.15) is 0 Å². The molecule has 0 aliphatic carbocycles. The summed E-state index contributed by atoms with van der Waals surface area (Å²) >= 11 is 0. The first-order valence-electron chi connectivity index (χ1n) is 7.90. The molecule has 134 valence electrons. The van der Waals surface area contributed by atoms with Gasteiger partial charge in [-0.05, 0) is 25.2 Å². The minimum absolute atomic E-state index is 0.384. The van der Waals surface area contributed by atoms with Crippen molar-refractivity contribution in [3.05, 3.63) is 0 Å². The maximum absolute atomic E-state index is 5.29. The van der Waals surface area contributed by atoms with Gasteiger partial charge in [-0.25, -0.2) is 0 Å². The van der Waals surface area contributed by atoms with Crippen LogP contribution in [0.2, 0.25) is 0 Å². The highest BCUT2D eigenvalue weighted by Gasteiger charge is 1.93. The Labute approximate surface area is 134 Å². The third kappa shape index (κ3) is 65.2. The van der Waals surface area contributed by atoms with Crippen molar-refractivity contribution in [2.24, 2.45) is 17.6 Å². The predicted octanol–water partition coefficient (Wildman–Crippen LogP) is 3.97. The molecule has 0 amide bonds. The van der Waals surface area contributed by atoms with E-state index in [1.807, 2.05) is 6.92 Å². The Hall–Kier alpha value is -0.160. The van der Waals surface area contributed by atoms with E-state index in [2.05, 4.69) is 39.4 Å². The van der Waals surface area contributed by atoms with Crippen LogP contribution in [-0.2, 0) is 14.2 Å². The summed E-state index contributed by atoms with van der Waals surface area (Å²) in [7, 11) is 6.71. The molecule has 2 N–H and O–H groups in total. The van der Waals surface area contributed by atoms with Crippen LogP contribution in [-0.4, -0.2) is 47.7 Å². The van der Waals surface area contributed by atoms with Gasteiger partial charge in [0.05, 0.1) is 0 Å². The lowest BCUT2D eigenvalue weighted by Crippen LogP contribution is -2.11. The van der Waals surface area contributed by atoms with Crippen molar-refractivity contribution in [2.75, 3.05) is 41.7 Å². The Morgan fingerprint density at radius 2 is 1.10 bits per heavy atom. The molecule has 0 aromatic heterocycles. The van der Waals surface area contributed by atoms with E-state index in [9.17, 15) is 0 Å². The van der Waals surface area contributed by atoms with Crippen LogP contribution in [0.25, 0.3) is 0 Å². The summed E-state index contributed by atoms with van der Waals surface area (Å²) in [5, 5.41) is 0. The Morgan fingerprint density at radius 1 is 0.762 bits per heavy atom. The molecule has 21 heavy (non-hydrogen) atoms. The van der Waals surface area contributed by atoms with E-state index in [1.165, 1.54) is 6.42 Å².